The zero-order valence-corrected chi connectivity index (χ0v) is 20.9. The number of hydrogen-bond acceptors (Lipinski definition) is 8. The van der Waals surface area contributed by atoms with E-state index in [1.807, 2.05) is 7.05 Å². The van der Waals surface area contributed by atoms with Crippen LogP contribution >= 0.6 is 0 Å². The molecule has 11 heteroatoms. The Bertz CT molecular complexity index is 1560. The Kier molecular flexibility index (Phi) is 7.50. The molecule has 1 aliphatic rings. The summed E-state index contributed by atoms with van der Waals surface area (Å²) in [6.07, 6.45) is 8.18. The summed E-state index contributed by atoms with van der Waals surface area (Å²) < 4.78 is 35.0. The molecule has 0 saturated carbocycles. The lowest BCUT2D eigenvalue weighted by atomic mass is 10.1. The zero-order valence-electron chi connectivity index (χ0n) is 20.9. The maximum Gasteiger partial charge on any atom is 0.250 e. The van der Waals surface area contributed by atoms with Gasteiger partial charge in [-0.05, 0) is 43.8 Å². The highest BCUT2D eigenvalue weighted by Gasteiger charge is 2.22. The third-order valence-electron chi connectivity index (χ3n) is 6.28. The molecule has 5 rings (SSSR count). The lowest BCUT2D eigenvalue weighted by molar-refractivity contribution is -0.121. The highest BCUT2D eigenvalue weighted by atomic mass is 19.1. The summed E-state index contributed by atoms with van der Waals surface area (Å²) >= 11 is 0. The quantitative estimate of drug-likeness (QED) is 0.259. The van der Waals surface area contributed by atoms with Crippen LogP contribution in [-0.2, 0) is 9.59 Å². The van der Waals surface area contributed by atoms with Crippen LogP contribution in [0.4, 0.5) is 20.3 Å². The lowest BCUT2D eigenvalue weighted by Gasteiger charge is -2.17. The van der Waals surface area contributed by atoms with Crippen LogP contribution in [0.15, 0.2) is 61.2 Å². The fourth-order valence-electron chi connectivity index (χ4n) is 4.43. The van der Waals surface area contributed by atoms with E-state index in [1.54, 1.807) is 24.3 Å². The fourth-order valence-corrected chi connectivity index (χ4v) is 4.43. The molecule has 2 N–H and O–H groups in total. The standard InChI is InChI=1S/C28H24F2N6O3/c1-36-8-7-20(14-36)39-25-11-24-21(10-17(25)5-6-26(38)34-16-37)28(33-15-32-24)35-19-9-18(12-31-13-19)27-22(29)3-2-4-23(27)30/h2-6,9-13,15-16,20H,7-8,14H2,1H3,(H,32,33,35)(H,34,37,38)/t20-/m1/s1. The largest absolute Gasteiger partial charge is 0.488 e. The summed E-state index contributed by atoms with van der Waals surface area (Å²) in [6.45, 7) is 1.67. The van der Waals surface area contributed by atoms with Crippen molar-refractivity contribution < 1.29 is 23.1 Å². The SMILES string of the molecule is CN1CC[C@@H](Oc2cc3ncnc(Nc4cncc(-c5c(F)cccc5F)c4)c3cc2C=CC(=O)NC=O)C1. The van der Waals surface area contributed by atoms with Gasteiger partial charge in [0.1, 0.15) is 35.6 Å². The molecule has 0 radical (unpaired) electrons. The summed E-state index contributed by atoms with van der Waals surface area (Å²) in [7, 11) is 2.02. The van der Waals surface area contributed by atoms with Gasteiger partial charge in [0.25, 0.3) is 0 Å². The molecule has 9 nitrogen and oxygen atoms in total. The Hall–Kier alpha value is -4.77. The zero-order chi connectivity index (χ0) is 27.4. The molecule has 0 bridgehead atoms. The number of nitrogens with one attached hydrogen (secondary N) is 2. The monoisotopic (exact) mass is 530 g/mol. The smallest absolute Gasteiger partial charge is 0.250 e. The predicted molar refractivity (Wildman–Crippen MR) is 142 cm³/mol. The van der Waals surface area contributed by atoms with Crippen molar-refractivity contribution in [3.63, 3.8) is 0 Å². The first kappa shape index (κ1) is 25.9. The second-order valence-electron chi connectivity index (χ2n) is 9.06. The molecule has 1 aliphatic heterocycles. The molecule has 0 aliphatic carbocycles. The minimum atomic E-state index is -0.697. The first-order valence-corrected chi connectivity index (χ1v) is 12.1. The molecule has 3 heterocycles. The maximum atomic E-state index is 14.4. The van der Waals surface area contributed by atoms with Gasteiger partial charge in [-0.2, -0.15) is 0 Å². The van der Waals surface area contributed by atoms with Crippen LogP contribution in [0.5, 0.6) is 5.75 Å². The van der Waals surface area contributed by atoms with Crippen LogP contribution in [0, 0.1) is 11.6 Å². The molecule has 39 heavy (non-hydrogen) atoms. The van der Waals surface area contributed by atoms with Gasteiger partial charge < -0.3 is 15.0 Å². The van der Waals surface area contributed by atoms with Gasteiger partial charge in [-0.25, -0.2) is 18.7 Å². The Morgan fingerprint density at radius 1 is 1.15 bits per heavy atom. The van der Waals surface area contributed by atoms with E-state index in [-0.39, 0.29) is 17.2 Å². The number of carbonyl (C=O) groups excluding carboxylic acids is 2. The number of hydrogen-bond donors (Lipinski definition) is 2. The average molecular weight is 531 g/mol. The number of likely N-dealkylation sites (N-methyl/N-ethyl adjacent to an activating group) is 1. The van der Waals surface area contributed by atoms with E-state index < -0.39 is 17.5 Å². The Balaban J connectivity index is 1.52. The number of fused-ring (bicyclic) bond motifs is 1. The van der Waals surface area contributed by atoms with E-state index in [0.29, 0.717) is 40.1 Å². The van der Waals surface area contributed by atoms with E-state index in [2.05, 4.69) is 30.5 Å². The van der Waals surface area contributed by atoms with Crippen molar-refractivity contribution in [2.24, 2.45) is 0 Å². The molecule has 1 fully saturated rings. The van der Waals surface area contributed by atoms with Crippen LogP contribution in [0.2, 0.25) is 0 Å². The van der Waals surface area contributed by atoms with E-state index in [4.69, 9.17) is 4.74 Å². The van der Waals surface area contributed by atoms with Crippen molar-refractivity contribution in [2.45, 2.75) is 12.5 Å². The summed E-state index contributed by atoms with van der Waals surface area (Å²) in [5.41, 5.74) is 1.69. The van der Waals surface area contributed by atoms with E-state index in [1.165, 1.54) is 43.0 Å². The number of pyridine rings is 1. The minimum Gasteiger partial charge on any atom is -0.488 e. The van der Waals surface area contributed by atoms with Gasteiger partial charge in [0, 0.05) is 47.9 Å². The molecule has 1 atom stereocenters. The molecule has 2 aromatic heterocycles. The number of rotatable bonds is 8. The van der Waals surface area contributed by atoms with Gasteiger partial charge in [0.05, 0.1) is 23.0 Å². The first-order chi connectivity index (χ1) is 18.9. The Labute approximate surface area is 222 Å². The Morgan fingerprint density at radius 2 is 1.97 bits per heavy atom. The Morgan fingerprint density at radius 3 is 2.72 bits per heavy atom. The normalized spacial score (nSPS) is 15.5. The molecule has 0 spiro atoms. The van der Waals surface area contributed by atoms with Crippen molar-refractivity contribution in [2.75, 3.05) is 25.5 Å². The highest BCUT2D eigenvalue weighted by Crippen LogP contribution is 2.33. The van der Waals surface area contributed by atoms with Crippen LogP contribution in [0.3, 0.4) is 0 Å². The number of amides is 2. The predicted octanol–water partition coefficient (Wildman–Crippen LogP) is 4.08. The third-order valence-corrected chi connectivity index (χ3v) is 6.28. The third kappa shape index (κ3) is 5.88. The topological polar surface area (TPSA) is 109 Å². The van der Waals surface area contributed by atoms with Gasteiger partial charge in [0.2, 0.25) is 12.3 Å². The minimum absolute atomic E-state index is 0.0320. The van der Waals surface area contributed by atoms with Crippen molar-refractivity contribution >= 4 is 40.8 Å². The van der Waals surface area contributed by atoms with E-state index >= 15 is 0 Å². The number of likely N-dealkylation sites (tertiary alicyclic amines) is 1. The lowest BCUT2D eigenvalue weighted by Crippen LogP contribution is -2.21. The van der Waals surface area contributed by atoms with Gasteiger partial charge in [-0.15, -0.1) is 0 Å². The van der Waals surface area contributed by atoms with Crippen molar-refractivity contribution in [3.05, 3.63) is 78.4 Å². The first-order valence-electron chi connectivity index (χ1n) is 12.1. The summed E-state index contributed by atoms with van der Waals surface area (Å²) in [5.74, 6) is -1.04. The molecule has 1 saturated heterocycles. The van der Waals surface area contributed by atoms with Crippen LogP contribution in [-0.4, -0.2) is 58.4 Å². The van der Waals surface area contributed by atoms with E-state index in [0.717, 1.165) is 19.5 Å². The summed E-state index contributed by atoms with van der Waals surface area (Å²) in [4.78, 5) is 37.6. The van der Waals surface area contributed by atoms with Gasteiger partial charge in [-0.3, -0.25) is 19.9 Å². The van der Waals surface area contributed by atoms with Crippen LogP contribution < -0.4 is 15.4 Å². The molecular weight excluding hydrogens is 506 g/mol. The van der Waals surface area contributed by atoms with Crippen molar-refractivity contribution in [1.29, 1.82) is 0 Å². The van der Waals surface area contributed by atoms with E-state index in [9.17, 15) is 18.4 Å². The van der Waals surface area contributed by atoms with Gasteiger partial charge >= 0.3 is 0 Å². The van der Waals surface area contributed by atoms with Gasteiger partial charge in [0.15, 0.2) is 0 Å². The molecule has 0 unspecified atom stereocenters. The highest BCUT2D eigenvalue weighted by molar-refractivity contribution is 5.99. The molecule has 2 amide bonds. The maximum absolute atomic E-state index is 14.4. The number of halogens is 2. The molecule has 198 valence electrons. The summed E-state index contributed by atoms with van der Waals surface area (Å²) in [5, 5.41) is 5.83. The van der Waals surface area contributed by atoms with Crippen LogP contribution in [0.25, 0.3) is 28.1 Å². The average Bonchev–Trinajstić information content (AvgIpc) is 3.32. The summed E-state index contributed by atoms with van der Waals surface area (Å²) in [6, 6.07) is 8.77. The number of nitrogens with zero attached hydrogens (tertiary/aromatic N) is 4. The molecular formula is C28H24F2N6O3. The number of ether oxygens (including phenoxy) is 1. The number of imide groups is 1. The van der Waals surface area contributed by atoms with Crippen molar-refractivity contribution in [1.82, 2.24) is 25.2 Å². The number of anilines is 2. The molecule has 2 aromatic carbocycles. The number of aromatic nitrogens is 3. The van der Waals surface area contributed by atoms with Crippen molar-refractivity contribution in [3.8, 4) is 16.9 Å². The molecule has 4 aromatic rings. The second-order valence-corrected chi connectivity index (χ2v) is 9.06. The van der Waals surface area contributed by atoms with Gasteiger partial charge in [-0.1, -0.05) is 6.07 Å². The van der Waals surface area contributed by atoms with Crippen LogP contribution in [0.1, 0.15) is 12.0 Å². The number of carbonyl (C=O) groups is 2. The number of benzene rings is 2. The second kappa shape index (κ2) is 11.3. The fraction of sp³-hybridized carbons (Fsp3) is 0.179.